The Morgan fingerprint density at radius 3 is 2.25 bits per heavy atom. The molecule has 0 aliphatic heterocycles. The zero-order chi connectivity index (χ0) is 15.0. The lowest BCUT2D eigenvalue weighted by Crippen LogP contribution is -2.27. The SMILES string of the molecule is CCCCN(CCCC)c1cc(OC)ccc1C(=O)O. The molecule has 0 amide bonds. The van der Waals surface area contributed by atoms with Gasteiger partial charge in [0.1, 0.15) is 5.75 Å². The molecule has 0 atom stereocenters. The molecular weight excluding hydrogens is 254 g/mol. The van der Waals surface area contributed by atoms with Crippen molar-refractivity contribution in [1.82, 2.24) is 0 Å². The standard InChI is InChI=1S/C16H25NO3/c1-4-6-10-17(11-7-5-2)15-12-13(20-3)8-9-14(15)16(18)19/h8-9,12H,4-7,10-11H2,1-3H3,(H,18,19). The number of carboxylic acids is 1. The van der Waals surface area contributed by atoms with E-state index in [0.717, 1.165) is 44.5 Å². The number of anilines is 1. The molecule has 0 fully saturated rings. The number of nitrogens with zero attached hydrogens (tertiary/aromatic N) is 1. The van der Waals surface area contributed by atoms with Crippen molar-refractivity contribution in [1.29, 1.82) is 0 Å². The maximum Gasteiger partial charge on any atom is 0.337 e. The average molecular weight is 279 g/mol. The molecule has 0 aliphatic carbocycles. The van der Waals surface area contributed by atoms with Crippen molar-refractivity contribution >= 4 is 11.7 Å². The molecule has 1 N–H and O–H groups in total. The van der Waals surface area contributed by atoms with E-state index in [-0.39, 0.29) is 0 Å². The Morgan fingerprint density at radius 2 is 1.80 bits per heavy atom. The van der Waals surface area contributed by atoms with Gasteiger partial charge in [0.15, 0.2) is 0 Å². The number of benzene rings is 1. The third-order valence-electron chi connectivity index (χ3n) is 3.34. The first-order chi connectivity index (χ1) is 9.63. The van der Waals surface area contributed by atoms with Crippen LogP contribution >= 0.6 is 0 Å². The number of carbonyl (C=O) groups is 1. The van der Waals surface area contributed by atoms with E-state index in [9.17, 15) is 9.90 Å². The molecule has 0 bridgehead atoms. The molecule has 0 unspecified atom stereocenters. The lowest BCUT2D eigenvalue weighted by molar-refractivity contribution is 0.0697. The topological polar surface area (TPSA) is 49.8 Å². The van der Waals surface area contributed by atoms with Crippen LogP contribution in [0.3, 0.4) is 0 Å². The zero-order valence-corrected chi connectivity index (χ0v) is 12.7. The Bertz CT molecular complexity index is 424. The number of methoxy groups -OCH3 is 1. The summed E-state index contributed by atoms with van der Waals surface area (Å²) in [5, 5.41) is 9.36. The monoisotopic (exact) mass is 279 g/mol. The number of carboxylic acid groups (broad SMARTS) is 1. The second kappa shape index (κ2) is 8.46. The first-order valence-corrected chi connectivity index (χ1v) is 7.30. The van der Waals surface area contributed by atoms with Crippen molar-refractivity contribution in [3.63, 3.8) is 0 Å². The van der Waals surface area contributed by atoms with Crippen molar-refractivity contribution in [2.24, 2.45) is 0 Å². The molecule has 112 valence electrons. The normalized spacial score (nSPS) is 10.3. The van der Waals surface area contributed by atoms with Gasteiger partial charge >= 0.3 is 5.97 Å². The quantitative estimate of drug-likeness (QED) is 0.747. The first-order valence-electron chi connectivity index (χ1n) is 7.30. The van der Waals surface area contributed by atoms with Gasteiger partial charge in [0, 0.05) is 19.2 Å². The van der Waals surface area contributed by atoms with Gasteiger partial charge < -0.3 is 14.7 Å². The third-order valence-corrected chi connectivity index (χ3v) is 3.34. The van der Waals surface area contributed by atoms with Crippen molar-refractivity contribution < 1.29 is 14.6 Å². The zero-order valence-electron chi connectivity index (χ0n) is 12.7. The van der Waals surface area contributed by atoms with Crippen LogP contribution < -0.4 is 9.64 Å². The van der Waals surface area contributed by atoms with E-state index >= 15 is 0 Å². The van der Waals surface area contributed by atoms with Gasteiger partial charge in [0.25, 0.3) is 0 Å². The Kier molecular flexibility index (Phi) is 6.91. The summed E-state index contributed by atoms with van der Waals surface area (Å²) in [7, 11) is 1.60. The molecule has 0 saturated carbocycles. The van der Waals surface area contributed by atoms with Gasteiger partial charge in [-0.2, -0.15) is 0 Å². The van der Waals surface area contributed by atoms with E-state index in [1.807, 2.05) is 6.07 Å². The first kappa shape index (κ1) is 16.3. The van der Waals surface area contributed by atoms with Gasteiger partial charge in [-0.3, -0.25) is 0 Å². The highest BCUT2D eigenvalue weighted by molar-refractivity contribution is 5.94. The third kappa shape index (κ3) is 4.44. The lowest BCUT2D eigenvalue weighted by atomic mass is 10.1. The van der Waals surface area contributed by atoms with E-state index in [2.05, 4.69) is 18.7 Å². The number of hydrogen-bond acceptors (Lipinski definition) is 3. The van der Waals surface area contributed by atoms with Crippen LogP contribution in [0.2, 0.25) is 0 Å². The summed E-state index contributed by atoms with van der Waals surface area (Å²) < 4.78 is 5.23. The fourth-order valence-corrected chi connectivity index (χ4v) is 2.13. The minimum Gasteiger partial charge on any atom is -0.497 e. The molecule has 0 saturated heterocycles. The smallest absolute Gasteiger partial charge is 0.337 e. The van der Waals surface area contributed by atoms with E-state index in [1.54, 1.807) is 19.2 Å². The molecule has 0 spiro atoms. The van der Waals surface area contributed by atoms with Gasteiger partial charge in [-0.05, 0) is 25.0 Å². The second-order valence-electron chi connectivity index (χ2n) is 4.88. The van der Waals surface area contributed by atoms with Gasteiger partial charge in [-0.15, -0.1) is 0 Å². The predicted octanol–water partition coefficient (Wildman–Crippen LogP) is 3.80. The van der Waals surface area contributed by atoms with E-state index in [0.29, 0.717) is 11.3 Å². The second-order valence-corrected chi connectivity index (χ2v) is 4.88. The molecule has 1 rings (SSSR count). The fraction of sp³-hybridized carbons (Fsp3) is 0.562. The van der Waals surface area contributed by atoms with E-state index in [1.165, 1.54) is 0 Å². The molecule has 20 heavy (non-hydrogen) atoms. The predicted molar refractivity (Wildman–Crippen MR) is 82.0 cm³/mol. The maximum atomic E-state index is 11.4. The summed E-state index contributed by atoms with van der Waals surface area (Å²) in [6, 6.07) is 5.15. The molecule has 0 aliphatic rings. The number of aromatic carboxylic acids is 1. The number of hydrogen-bond donors (Lipinski definition) is 1. The number of rotatable bonds is 9. The van der Waals surface area contributed by atoms with E-state index in [4.69, 9.17) is 4.74 Å². The Labute approximate surface area is 121 Å². The summed E-state index contributed by atoms with van der Waals surface area (Å²) in [6.45, 7) is 6.04. The van der Waals surface area contributed by atoms with Crippen molar-refractivity contribution in [3.8, 4) is 5.75 Å². The summed E-state index contributed by atoms with van der Waals surface area (Å²) in [5.41, 5.74) is 1.11. The van der Waals surface area contributed by atoms with E-state index < -0.39 is 5.97 Å². The highest BCUT2D eigenvalue weighted by Crippen LogP contribution is 2.27. The molecule has 4 nitrogen and oxygen atoms in total. The number of unbranched alkanes of at least 4 members (excludes halogenated alkanes) is 2. The average Bonchev–Trinajstić information content (AvgIpc) is 2.46. The summed E-state index contributed by atoms with van der Waals surface area (Å²) >= 11 is 0. The molecular formula is C16H25NO3. The Hall–Kier alpha value is -1.71. The van der Waals surface area contributed by atoms with Crippen LogP contribution in [0.4, 0.5) is 5.69 Å². The minimum atomic E-state index is -0.888. The van der Waals surface area contributed by atoms with Crippen LogP contribution in [-0.4, -0.2) is 31.3 Å². The van der Waals surface area contributed by atoms with Crippen molar-refractivity contribution in [3.05, 3.63) is 23.8 Å². The van der Waals surface area contributed by atoms with Crippen LogP contribution in [-0.2, 0) is 0 Å². The van der Waals surface area contributed by atoms with Gasteiger partial charge in [-0.25, -0.2) is 4.79 Å². The molecule has 0 aromatic heterocycles. The highest BCUT2D eigenvalue weighted by atomic mass is 16.5. The van der Waals surface area contributed by atoms with Crippen LogP contribution in [0.25, 0.3) is 0 Å². The van der Waals surface area contributed by atoms with Crippen LogP contribution in [0.1, 0.15) is 49.9 Å². The Morgan fingerprint density at radius 1 is 1.20 bits per heavy atom. The fourth-order valence-electron chi connectivity index (χ4n) is 2.13. The molecule has 0 heterocycles. The summed E-state index contributed by atoms with van der Waals surface area (Å²) in [5.74, 6) is -0.191. The van der Waals surface area contributed by atoms with Crippen LogP contribution in [0, 0.1) is 0 Å². The number of ether oxygens (including phenoxy) is 1. The van der Waals surface area contributed by atoms with Gasteiger partial charge in [0.2, 0.25) is 0 Å². The van der Waals surface area contributed by atoms with Gasteiger partial charge in [0.05, 0.1) is 18.4 Å². The van der Waals surface area contributed by atoms with Gasteiger partial charge in [-0.1, -0.05) is 26.7 Å². The van der Waals surface area contributed by atoms with Crippen LogP contribution in [0.5, 0.6) is 5.75 Å². The highest BCUT2D eigenvalue weighted by Gasteiger charge is 2.16. The largest absolute Gasteiger partial charge is 0.497 e. The van der Waals surface area contributed by atoms with Crippen molar-refractivity contribution in [2.75, 3.05) is 25.1 Å². The molecule has 0 radical (unpaired) electrons. The molecule has 1 aromatic rings. The van der Waals surface area contributed by atoms with Crippen LogP contribution in [0.15, 0.2) is 18.2 Å². The summed E-state index contributed by atoms with van der Waals surface area (Å²) in [4.78, 5) is 13.6. The van der Waals surface area contributed by atoms with Crippen molar-refractivity contribution in [2.45, 2.75) is 39.5 Å². The minimum absolute atomic E-state index is 0.345. The lowest BCUT2D eigenvalue weighted by Gasteiger charge is -2.26. The maximum absolute atomic E-state index is 11.4. The Balaban J connectivity index is 3.09. The molecule has 1 aromatic carbocycles. The summed E-state index contributed by atoms with van der Waals surface area (Å²) in [6.07, 6.45) is 4.30. The molecule has 4 heteroatoms.